The number of nitro groups is 1. The number of carbonyl (C=O) groups is 1. The van der Waals surface area contributed by atoms with Crippen molar-refractivity contribution in [1.29, 1.82) is 0 Å². The Balaban J connectivity index is 1.72. The van der Waals surface area contributed by atoms with Crippen LogP contribution in [0.4, 0.5) is 5.69 Å². The van der Waals surface area contributed by atoms with Crippen molar-refractivity contribution in [2.45, 2.75) is 13.5 Å². The highest BCUT2D eigenvalue weighted by atomic mass is 127. The SMILES string of the molecule is CCOc1cc(/C=N\NC(=O)c2cccc([N+](=O)[O-])c2)cc(I)c1OCc1ccc(Br)cc1. The molecule has 0 aliphatic heterocycles. The minimum Gasteiger partial charge on any atom is -0.490 e. The van der Waals surface area contributed by atoms with Crippen LogP contribution in [0.2, 0.25) is 0 Å². The van der Waals surface area contributed by atoms with E-state index in [2.05, 4.69) is 49.0 Å². The van der Waals surface area contributed by atoms with Gasteiger partial charge in [-0.3, -0.25) is 14.9 Å². The predicted octanol–water partition coefficient (Wildman–Crippen LogP) is 5.70. The zero-order chi connectivity index (χ0) is 23.8. The van der Waals surface area contributed by atoms with E-state index < -0.39 is 10.8 Å². The van der Waals surface area contributed by atoms with Crippen LogP contribution < -0.4 is 14.9 Å². The minimum atomic E-state index is -0.558. The molecule has 0 bridgehead atoms. The van der Waals surface area contributed by atoms with Gasteiger partial charge in [0.2, 0.25) is 0 Å². The third-order valence-electron chi connectivity index (χ3n) is 4.33. The van der Waals surface area contributed by atoms with E-state index in [4.69, 9.17) is 9.47 Å². The lowest BCUT2D eigenvalue weighted by molar-refractivity contribution is -0.384. The van der Waals surface area contributed by atoms with Crippen molar-refractivity contribution in [2.24, 2.45) is 5.10 Å². The van der Waals surface area contributed by atoms with Gasteiger partial charge in [0.05, 0.1) is 21.3 Å². The maximum absolute atomic E-state index is 12.2. The van der Waals surface area contributed by atoms with Crippen molar-refractivity contribution in [2.75, 3.05) is 6.61 Å². The lowest BCUT2D eigenvalue weighted by atomic mass is 10.2. The molecule has 33 heavy (non-hydrogen) atoms. The molecule has 0 saturated heterocycles. The van der Waals surface area contributed by atoms with Gasteiger partial charge in [0.15, 0.2) is 11.5 Å². The number of nitro benzene ring substituents is 1. The number of carbonyl (C=O) groups excluding carboxylic acids is 1. The molecule has 0 unspecified atom stereocenters. The molecule has 1 amide bonds. The maximum Gasteiger partial charge on any atom is 0.271 e. The zero-order valence-corrected chi connectivity index (χ0v) is 21.2. The highest BCUT2D eigenvalue weighted by Gasteiger charge is 2.13. The first-order chi connectivity index (χ1) is 15.9. The van der Waals surface area contributed by atoms with Crippen LogP contribution in [0.15, 0.2) is 70.2 Å². The van der Waals surface area contributed by atoms with Gasteiger partial charge in [-0.05, 0) is 71.0 Å². The summed E-state index contributed by atoms with van der Waals surface area (Å²) in [4.78, 5) is 22.6. The van der Waals surface area contributed by atoms with Crippen LogP contribution in [0.25, 0.3) is 0 Å². The van der Waals surface area contributed by atoms with E-state index in [1.807, 2.05) is 37.3 Å². The Kier molecular flexibility index (Phi) is 8.78. The number of halogens is 2. The Labute approximate surface area is 212 Å². The van der Waals surface area contributed by atoms with Gasteiger partial charge in [0, 0.05) is 22.2 Å². The molecule has 3 rings (SSSR count). The van der Waals surface area contributed by atoms with Gasteiger partial charge in [0.25, 0.3) is 11.6 Å². The average molecular weight is 624 g/mol. The number of non-ortho nitro benzene ring substituents is 1. The van der Waals surface area contributed by atoms with Crippen molar-refractivity contribution in [1.82, 2.24) is 5.43 Å². The summed E-state index contributed by atoms with van der Waals surface area (Å²) in [5.41, 5.74) is 4.07. The van der Waals surface area contributed by atoms with E-state index in [0.29, 0.717) is 30.3 Å². The fraction of sp³-hybridized carbons (Fsp3) is 0.130. The molecule has 0 fully saturated rings. The Morgan fingerprint density at radius 1 is 1.18 bits per heavy atom. The number of nitrogens with one attached hydrogen (secondary N) is 1. The van der Waals surface area contributed by atoms with E-state index in [9.17, 15) is 14.9 Å². The third-order valence-corrected chi connectivity index (χ3v) is 5.66. The van der Waals surface area contributed by atoms with Crippen LogP contribution in [0.3, 0.4) is 0 Å². The summed E-state index contributed by atoms with van der Waals surface area (Å²) in [6, 6.07) is 16.9. The normalized spacial score (nSPS) is 10.8. The first kappa shape index (κ1) is 24.6. The second-order valence-electron chi connectivity index (χ2n) is 6.68. The number of nitrogens with zero attached hydrogens (tertiary/aromatic N) is 2. The quantitative estimate of drug-likeness (QED) is 0.142. The highest BCUT2D eigenvalue weighted by Crippen LogP contribution is 2.34. The number of ether oxygens (including phenoxy) is 2. The van der Waals surface area contributed by atoms with Crippen LogP contribution in [0.5, 0.6) is 11.5 Å². The Morgan fingerprint density at radius 3 is 2.64 bits per heavy atom. The molecule has 1 N–H and O–H groups in total. The molecule has 0 aromatic heterocycles. The summed E-state index contributed by atoms with van der Waals surface area (Å²) >= 11 is 5.58. The van der Waals surface area contributed by atoms with Gasteiger partial charge < -0.3 is 9.47 Å². The summed E-state index contributed by atoms with van der Waals surface area (Å²) in [5.74, 6) is 0.634. The summed E-state index contributed by atoms with van der Waals surface area (Å²) in [6.45, 7) is 2.72. The van der Waals surface area contributed by atoms with Crippen molar-refractivity contribution < 1.29 is 19.2 Å². The Morgan fingerprint density at radius 2 is 1.94 bits per heavy atom. The number of amides is 1. The van der Waals surface area contributed by atoms with Gasteiger partial charge in [-0.25, -0.2) is 5.43 Å². The van der Waals surface area contributed by atoms with Crippen LogP contribution in [0, 0.1) is 13.7 Å². The summed E-state index contributed by atoms with van der Waals surface area (Å²) in [6.07, 6.45) is 1.47. The molecule has 170 valence electrons. The molecule has 0 aliphatic carbocycles. The summed E-state index contributed by atoms with van der Waals surface area (Å²) in [7, 11) is 0. The molecule has 10 heteroatoms. The van der Waals surface area contributed by atoms with Gasteiger partial charge in [-0.2, -0.15) is 5.10 Å². The minimum absolute atomic E-state index is 0.141. The zero-order valence-electron chi connectivity index (χ0n) is 17.5. The number of hydrogen-bond acceptors (Lipinski definition) is 6. The Bertz CT molecular complexity index is 1190. The molecule has 8 nitrogen and oxygen atoms in total. The highest BCUT2D eigenvalue weighted by molar-refractivity contribution is 14.1. The van der Waals surface area contributed by atoms with Crippen LogP contribution >= 0.6 is 38.5 Å². The molecular weight excluding hydrogens is 605 g/mol. The molecule has 3 aromatic carbocycles. The third kappa shape index (κ3) is 6.99. The van der Waals surface area contributed by atoms with Gasteiger partial charge in [0.1, 0.15) is 6.61 Å². The number of hydrogen-bond donors (Lipinski definition) is 1. The van der Waals surface area contributed by atoms with Crippen LogP contribution in [-0.2, 0) is 6.61 Å². The predicted molar refractivity (Wildman–Crippen MR) is 137 cm³/mol. The average Bonchev–Trinajstić information content (AvgIpc) is 2.80. The summed E-state index contributed by atoms with van der Waals surface area (Å²) in [5, 5.41) is 14.8. The van der Waals surface area contributed by atoms with E-state index in [1.165, 1.54) is 30.5 Å². The fourth-order valence-corrected chi connectivity index (χ4v) is 3.84. The van der Waals surface area contributed by atoms with Crippen molar-refractivity contribution in [3.8, 4) is 11.5 Å². The second kappa shape index (κ2) is 11.8. The molecule has 0 atom stereocenters. The smallest absolute Gasteiger partial charge is 0.271 e. The second-order valence-corrected chi connectivity index (χ2v) is 8.76. The molecule has 3 aromatic rings. The molecule has 0 radical (unpaired) electrons. The first-order valence-corrected chi connectivity index (χ1v) is 11.7. The summed E-state index contributed by atoms with van der Waals surface area (Å²) < 4.78 is 13.6. The van der Waals surface area contributed by atoms with Crippen molar-refractivity contribution in [3.05, 3.63) is 95.5 Å². The first-order valence-electron chi connectivity index (χ1n) is 9.79. The molecule has 0 heterocycles. The van der Waals surface area contributed by atoms with Gasteiger partial charge >= 0.3 is 0 Å². The van der Waals surface area contributed by atoms with Crippen molar-refractivity contribution in [3.63, 3.8) is 0 Å². The maximum atomic E-state index is 12.2. The molecule has 0 spiro atoms. The lowest BCUT2D eigenvalue weighted by Gasteiger charge is -2.15. The van der Waals surface area contributed by atoms with E-state index in [0.717, 1.165) is 13.6 Å². The van der Waals surface area contributed by atoms with Gasteiger partial charge in [-0.15, -0.1) is 0 Å². The Hall–Kier alpha value is -2.99. The van der Waals surface area contributed by atoms with E-state index >= 15 is 0 Å². The lowest BCUT2D eigenvalue weighted by Crippen LogP contribution is -2.17. The van der Waals surface area contributed by atoms with Crippen LogP contribution in [0.1, 0.15) is 28.4 Å². The largest absolute Gasteiger partial charge is 0.490 e. The molecule has 0 aliphatic rings. The topological polar surface area (TPSA) is 103 Å². The van der Waals surface area contributed by atoms with E-state index in [-0.39, 0.29) is 11.3 Å². The molecule has 0 saturated carbocycles. The number of rotatable bonds is 9. The van der Waals surface area contributed by atoms with E-state index in [1.54, 1.807) is 6.07 Å². The number of hydrazone groups is 1. The fourth-order valence-electron chi connectivity index (χ4n) is 2.79. The van der Waals surface area contributed by atoms with Gasteiger partial charge in [-0.1, -0.05) is 34.1 Å². The van der Waals surface area contributed by atoms with Crippen LogP contribution in [-0.4, -0.2) is 23.7 Å². The standard InChI is InChI=1S/C23H19BrIN3O5/c1-2-32-21-11-16(10-20(25)22(21)33-14-15-6-8-18(24)9-7-15)13-26-27-23(29)17-4-3-5-19(12-17)28(30)31/h3-13H,2,14H2,1H3,(H,27,29)/b26-13-. The number of benzene rings is 3. The monoisotopic (exact) mass is 623 g/mol. The van der Waals surface area contributed by atoms with Crippen molar-refractivity contribution >= 4 is 56.3 Å². The molecular formula is C23H19BrIN3O5.